The van der Waals surface area contributed by atoms with Gasteiger partial charge in [-0.2, -0.15) is 5.10 Å². The molecule has 0 saturated heterocycles. The summed E-state index contributed by atoms with van der Waals surface area (Å²) in [5.41, 5.74) is 2.72. The van der Waals surface area contributed by atoms with E-state index < -0.39 is 10.8 Å². The number of nitrogens with one attached hydrogen (secondary N) is 1. The zero-order valence-corrected chi connectivity index (χ0v) is 10.6. The topological polar surface area (TPSA) is 97.7 Å². The summed E-state index contributed by atoms with van der Waals surface area (Å²) in [5.74, 6) is 0.105. The number of thiophene rings is 1. The number of nitrogens with zero attached hydrogens (tertiary/aromatic N) is 2. The minimum Gasteiger partial charge on any atom is -0.469 e. The van der Waals surface area contributed by atoms with Crippen molar-refractivity contribution in [3.8, 4) is 0 Å². The lowest BCUT2D eigenvalue weighted by Crippen LogP contribution is -2.17. The van der Waals surface area contributed by atoms with E-state index in [-0.39, 0.29) is 5.00 Å². The summed E-state index contributed by atoms with van der Waals surface area (Å²) in [6, 6.07) is 4.48. The maximum absolute atomic E-state index is 11.6. The minimum atomic E-state index is -0.477. The van der Waals surface area contributed by atoms with E-state index in [0.29, 0.717) is 16.2 Å². The van der Waals surface area contributed by atoms with Crippen molar-refractivity contribution in [1.82, 2.24) is 5.43 Å². The second-order valence-electron chi connectivity index (χ2n) is 3.52. The fourth-order valence-electron chi connectivity index (χ4n) is 1.34. The molecular formula is C11H9N3O4S. The minimum absolute atomic E-state index is 0.0263. The molecule has 0 spiro atoms. The lowest BCUT2D eigenvalue weighted by atomic mass is 10.2. The molecule has 2 aromatic rings. The van der Waals surface area contributed by atoms with Gasteiger partial charge in [0.1, 0.15) is 5.76 Å². The second-order valence-corrected chi connectivity index (χ2v) is 4.62. The van der Waals surface area contributed by atoms with E-state index in [2.05, 4.69) is 10.5 Å². The van der Waals surface area contributed by atoms with Gasteiger partial charge in [0.2, 0.25) is 0 Å². The molecule has 1 N–H and O–H groups in total. The first-order valence-electron chi connectivity index (χ1n) is 5.19. The summed E-state index contributed by atoms with van der Waals surface area (Å²) in [4.78, 5) is 22.2. The molecule has 0 aromatic carbocycles. The van der Waals surface area contributed by atoms with Crippen molar-refractivity contribution in [2.75, 3.05) is 0 Å². The standard InChI is InChI=1S/C11H9N3O4S/c1-7-9(4-5-18-7)11(15)13-12-6-8-2-3-10(19-8)14(16)17/h2-6H,1H3,(H,13,15). The predicted molar refractivity (Wildman–Crippen MR) is 69.5 cm³/mol. The van der Waals surface area contributed by atoms with Gasteiger partial charge in [0, 0.05) is 6.07 Å². The Labute approximate surface area is 111 Å². The van der Waals surface area contributed by atoms with Crippen LogP contribution in [0.15, 0.2) is 34.0 Å². The van der Waals surface area contributed by atoms with Gasteiger partial charge in [-0.1, -0.05) is 11.3 Å². The summed E-state index contributed by atoms with van der Waals surface area (Å²) in [6.07, 6.45) is 2.77. The van der Waals surface area contributed by atoms with E-state index in [4.69, 9.17) is 4.42 Å². The zero-order chi connectivity index (χ0) is 13.8. The second kappa shape index (κ2) is 5.44. The molecule has 19 heavy (non-hydrogen) atoms. The van der Waals surface area contributed by atoms with Gasteiger partial charge in [-0.25, -0.2) is 5.43 Å². The highest BCUT2D eigenvalue weighted by atomic mass is 32.1. The van der Waals surface area contributed by atoms with Crippen LogP contribution in [0, 0.1) is 17.0 Å². The van der Waals surface area contributed by atoms with Crippen LogP contribution < -0.4 is 5.43 Å². The highest BCUT2D eigenvalue weighted by Crippen LogP contribution is 2.22. The molecule has 0 radical (unpaired) electrons. The largest absolute Gasteiger partial charge is 0.469 e. The molecule has 2 aromatic heterocycles. The van der Waals surface area contributed by atoms with E-state index in [1.165, 1.54) is 24.6 Å². The van der Waals surface area contributed by atoms with Crippen molar-refractivity contribution >= 4 is 28.5 Å². The van der Waals surface area contributed by atoms with Crippen molar-refractivity contribution < 1.29 is 14.1 Å². The van der Waals surface area contributed by atoms with Gasteiger partial charge in [0.05, 0.1) is 27.8 Å². The van der Waals surface area contributed by atoms with Gasteiger partial charge in [-0.05, 0) is 19.1 Å². The summed E-state index contributed by atoms with van der Waals surface area (Å²) in [5, 5.41) is 14.2. The molecule has 1 amide bonds. The molecule has 0 aliphatic rings. The van der Waals surface area contributed by atoms with Crippen molar-refractivity contribution in [3.05, 3.63) is 50.8 Å². The van der Waals surface area contributed by atoms with Gasteiger partial charge in [0.15, 0.2) is 0 Å². The fraction of sp³-hybridized carbons (Fsp3) is 0.0909. The first-order chi connectivity index (χ1) is 9.08. The number of aryl methyl sites for hydroxylation is 1. The number of amides is 1. The molecule has 0 aliphatic heterocycles. The van der Waals surface area contributed by atoms with Crippen LogP contribution in [-0.2, 0) is 0 Å². The van der Waals surface area contributed by atoms with Gasteiger partial charge in [-0.15, -0.1) is 0 Å². The van der Waals surface area contributed by atoms with Crippen molar-refractivity contribution in [2.24, 2.45) is 5.10 Å². The maximum Gasteiger partial charge on any atom is 0.324 e. The van der Waals surface area contributed by atoms with Gasteiger partial charge in [-0.3, -0.25) is 14.9 Å². The quantitative estimate of drug-likeness (QED) is 0.527. The van der Waals surface area contributed by atoms with Crippen molar-refractivity contribution in [2.45, 2.75) is 6.92 Å². The number of carbonyl (C=O) groups is 1. The summed E-state index contributed by atoms with van der Waals surface area (Å²) in [7, 11) is 0. The Bertz CT molecular complexity index is 644. The molecular weight excluding hydrogens is 270 g/mol. The number of hydrogen-bond acceptors (Lipinski definition) is 6. The van der Waals surface area contributed by atoms with E-state index in [0.717, 1.165) is 11.3 Å². The highest BCUT2D eigenvalue weighted by Gasteiger charge is 2.10. The Morgan fingerprint density at radius 3 is 2.89 bits per heavy atom. The molecule has 0 unspecified atom stereocenters. The number of rotatable bonds is 4. The van der Waals surface area contributed by atoms with Crippen LogP contribution in [0.2, 0.25) is 0 Å². The molecule has 7 nitrogen and oxygen atoms in total. The van der Waals surface area contributed by atoms with Crippen LogP contribution in [0.25, 0.3) is 0 Å². The molecule has 0 saturated carbocycles. The number of furan rings is 1. The fourth-order valence-corrected chi connectivity index (χ4v) is 2.04. The van der Waals surface area contributed by atoms with Crippen LogP contribution in [0.5, 0.6) is 0 Å². The Morgan fingerprint density at radius 2 is 2.32 bits per heavy atom. The SMILES string of the molecule is Cc1occc1C(=O)NN=Cc1ccc([N+](=O)[O-])s1. The van der Waals surface area contributed by atoms with Crippen LogP contribution in [0.4, 0.5) is 5.00 Å². The lowest BCUT2D eigenvalue weighted by molar-refractivity contribution is -0.380. The molecule has 0 aliphatic carbocycles. The predicted octanol–water partition coefficient (Wildman–Crippen LogP) is 2.32. The van der Waals surface area contributed by atoms with Crippen molar-refractivity contribution in [3.63, 3.8) is 0 Å². The number of carbonyl (C=O) groups excluding carboxylic acids is 1. The Kier molecular flexibility index (Phi) is 3.71. The smallest absolute Gasteiger partial charge is 0.324 e. The van der Waals surface area contributed by atoms with Gasteiger partial charge in [0.25, 0.3) is 5.91 Å². The summed E-state index contributed by atoms with van der Waals surface area (Å²) in [6.45, 7) is 1.67. The number of hydrazone groups is 1. The molecule has 0 fully saturated rings. The molecule has 98 valence electrons. The normalized spacial score (nSPS) is 10.8. The lowest BCUT2D eigenvalue weighted by Gasteiger charge is -1.96. The third-order valence-electron chi connectivity index (χ3n) is 2.25. The average Bonchev–Trinajstić information content (AvgIpc) is 2.97. The zero-order valence-electron chi connectivity index (χ0n) is 9.82. The van der Waals surface area contributed by atoms with Crippen LogP contribution in [0.3, 0.4) is 0 Å². The third kappa shape index (κ3) is 3.05. The maximum atomic E-state index is 11.6. The molecule has 0 bridgehead atoms. The van der Waals surface area contributed by atoms with Crippen LogP contribution >= 0.6 is 11.3 Å². The van der Waals surface area contributed by atoms with E-state index in [1.807, 2.05) is 0 Å². The van der Waals surface area contributed by atoms with Crippen LogP contribution in [-0.4, -0.2) is 17.0 Å². The van der Waals surface area contributed by atoms with Crippen LogP contribution in [0.1, 0.15) is 21.0 Å². The molecule has 0 atom stereocenters. The monoisotopic (exact) mass is 279 g/mol. The first-order valence-corrected chi connectivity index (χ1v) is 6.01. The third-order valence-corrected chi connectivity index (χ3v) is 3.23. The summed E-state index contributed by atoms with van der Waals surface area (Å²) >= 11 is 0.975. The molecule has 2 heterocycles. The Balaban J connectivity index is 1.98. The molecule has 2 rings (SSSR count). The highest BCUT2D eigenvalue weighted by molar-refractivity contribution is 7.16. The van der Waals surface area contributed by atoms with E-state index >= 15 is 0 Å². The summed E-state index contributed by atoms with van der Waals surface area (Å²) < 4.78 is 4.99. The Morgan fingerprint density at radius 1 is 1.53 bits per heavy atom. The first kappa shape index (κ1) is 13.0. The van der Waals surface area contributed by atoms with Gasteiger partial charge < -0.3 is 4.42 Å². The van der Waals surface area contributed by atoms with E-state index in [9.17, 15) is 14.9 Å². The van der Waals surface area contributed by atoms with Crippen molar-refractivity contribution in [1.29, 1.82) is 0 Å². The number of nitro groups is 1. The number of hydrogen-bond donors (Lipinski definition) is 1. The van der Waals surface area contributed by atoms with Gasteiger partial charge >= 0.3 is 5.00 Å². The van der Waals surface area contributed by atoms with E-state index in [1.54, 1.807) is 13.0 Å². The Hall–Kier alpha value is -2.48. The average molecular weight is 279 g/mol. The molecule has 8 heteroatoms.